The molecule has 0 aliphatic carbocycles. The van der Waals surface area contributed by atoms with E-state index in [4.69, 9.17) is 14.2 Å². The fourth-order valence-electron chi connectivity index (χ4n) is 2.41. The van der Waals surface area contributed by atoms with Gasteiger partial charge in [-0.25, -0.2) is 0 Å². The molecule has 0 saturated heterocycles. The van der Waals surface area contributed by atoms with Gasteiger partial charge in [0, 0.05) is 19.6 Å². The molecule has 0 spiro atoms. The fourth-order valence-corrected chi connectivity index (χ4v) is 2.41. The third kappa shape index (κ3) is 4.71. The molecule has 0 unspecified atom stereocenters. The first-order valence-corrected chi connectivity index (χ1v) is 7.88. The highest BCUT2D eigenvalue weighted by atomic mass is 16.5. The van der Waals surface area contributed by atoms with Crippen LogP contribution in [-0.4, -0.2) is 39.6 Å². The summed E-state index contributed by atoms with van der Waals surface area (Å²) in [7, 11) is 3.52. The van der Waals surface area contributed by atoms with E-state index in [-0.39, 0.29) is 16.4 Å². The summed E-state index contributed by atoms with van der Waals surface area (Å²) >= 11 is 0. The molecule has 0 rings (SSSR count). The molecule has 0 aromatic carbocycles. The van der Waals surface area contributed by atoms with E-state index < -0.39 is 0 Å². The van der Waals surface area contributed by atoms with E-state index in [0.717, 1.165) is 19.3 Å². The van der Waals surface area contributed by atoms with Crippen LogP contribution in [0.2, 0.25) is 0 Å². The van der Waals surface area contributed by atoms with Crippen molar-refractivity contribution >= 4 is 0 Å². The molecule has 20 heavy (non-hydrogen) atoms. The van der Waals surface area contributed by atoms with Crippen LogP contribution in [0, 0.1) is 10.8 Å². The molecule has 0 aromatic rings. The molecular weight excluding hydrogens is 252 g/mol. The Morgan fingerprint density at radius 1 is 0.700 bits per heavy atom. The summed E-state index contributed by atoms with van der Waals surface area (Å²) in [5.74, 6) is 0. The number of methoxy groups -OCH3 is 2. The predicted molar refractivity (Wildman–Crippen MR) is 85.2 cm³/mol. The SMILES string of the molecule is CCC(C)(CC)OCC(COC)(COC)C(C)(C)CC. The molecule has 3 heteroatoms. The minimum Gasteiger partial charge on any atom is -0.384 e. The Labute approximate surface area is 126 Å². The van der Waals surface area contributed by atoms with Crippen LogP contribution >= 0.6 is 0 Å². The second-order valence-electron chi connectivity index (χ2n) is 6.83. The first-order chi connectivity index (χ1) is 9.26. The van der Waals surface area contributed by atoms with Gasteiger partial charge in [0.1, 0.15) is 0 Å². The zero-order valence-corrected chi connectivity index (χ0v) is 15.0. The zero-order chi connectivity index (χ0) is 15.9. The van der Waals surface area contributed by atoms with Gasteiger partial charge in [0.05, 0.1) is 25.4 Å². The van der Waals surface area contributed by atoms with Crippen molar-refractivity contribution in [1.82, 2.24) is 0 Å². The number of rotatable bonds is 11. The Balaban J connectivity index is 5.20. The highest BCUT2D eigenvalue weighted by Crippen LogP contribution is 2.43. The molecule has 0 aliphatic heterocycles. The maximum atomic E-state index is 6.33. The molecule has 0 amide bonds. The first-order valence-electron chi connectivity index (χ1n) is 7.88. The van der Waals surface area contributed by atoms with Gasteiger partial charge in [-0.1, -0.05) is 41.0 Å². The lowest BCUT2D eigenvalue weighted by Gasteiger charge is -2.47. The summed E-state index contributed by atoms with van der Waals surface area (Å²) in [5, 5.41) is 0. The summed E-state index contributed by atoms with van der Waals surface area (Å²) in [5.41, 5.74) is -0.0746. The zero-order valence-electron chi connectivity index (χ0n) is 15.0. The van der Waals surface area contributed by atoms with E-state index in [1.165, 1.54) is 0 Å². The maximum absolute atomic E-state index is 6.33. The van der Waals surface area contributed by atoms with E-state index in [2.05, 4.69) is 41.5 Å². The van der Waals surface area contributed by atoms with Crippen molar-refractivity contribution in [3.63, 3.8) is 0 Å². The van der Waals surface area contributed by atoms with Crippen LogP contribution in [-0.2, 0) is 14.2 Å². The summed E-state index contributed by atoms with van der Waals surface area (Å²) in [6, 6.07) is 0. The molecule has 0 fully saturated rings. The average Bonchev–Trinajstić information content (AvgIpc) is 2.44. The van der Waals surface area contributed by atoms with Crippen LogP contribution in [0.25, 0.3) is 0 Å². The van der Waals surface area contributed by atoms with Gasteiger partial charge in [-0.15, -0.1) is 0 Å². The summed E-state index contributed by atoms with van der Waals surface area (Å²) in [4.78, 5) is 0. The predicted octanol–water partition coefficient (Wildman–Crippen LogP) is 4.30. The van der Waals surface area contributed by atoms with E-state index in [1.54, 1.807) is 14.2 Å². The number of hydrogen-bond acceptors (Lipinski definition) is 3. The van der Waals surface area contributed by atoms with Crippen LogP contribution in [0.1, 0.15) is 60.8 Å². The Bertz CT molecular complexity index is 251. The summed E-state index contributed by atoms with van der Waals surface area (Å²) in [6.07, 6.45) is 3.11. The fraction of sp³-hybridized carbons (Fsp3) is 1.00. The second kappa shape index (κ2) is 8.35. The van der Waals surface area contributed by atoms with Gasteiger partial charge in [0.25, 0.3) is 0 Å². The number of ether oxygens (including phenoxy) is 3. The van der Waals surface area contributed by atoms with Gasteiger partial charge in [0.2, 0.25) is 0 Å². The van der Waals surface area contributed by atoms with Gasteiger partial charge in [-0.05, 0) is 25.2 Å². The van der Waals surface area contributed by atoms with E-state index in [1.807, 2.05) is 0 Å². The minimum atomic E-state index is -0.114. The van der Waals surface area contributed by atoms with E-state index >= 15 is 0 Å². The third-order valence-electron chi connectivity index (χ3n) is 5.35. The van der Waals surface area contributed by atoms with Gasteiger partial charge in [0.15, 0.2) is 0 Å². The quantitative estimate of drug-likeness (QED) is 0.567. The maximum Gasteiger partial charge on any atom is 0.0649 e. The number of hydrogen-bond donors (Lipinski definition) is 0. The molecule has 0 saturated carbocycles. The van der Waals surface area contributed by atoms with Crippen LogP contribution < -0.4 is 0 Å². The van der Waals surface area contributed by atoms with Crippen LogP contribution in [0.15, 0.2) is 0 Å². The Morgan fingerprint density at radius 3 is 1.45 bits per heavy atom. The van der Waals surface area contributed by atoms with E-state index in [0.29, 0.717) is 19.8 Å². The van der Waals surface area contributed by atoms with E-state index in [9.17, 15) is 0 Å². The minimum absolute atomic E-state index is 0.0590. The molecule has 122 valence electrons. The molecule has 0 heterocycles. The summed E-state index contributed by atoms with van der Waals surface area (Å²) in [6.45, 7) is 15.3. The van der Waals surface area contributed by atoms with Crippen molar-refractivity contribution in [2.24, 2.45) is 10.8 Å². The molecule has 0 N–H and O–H groups in total. The van der Waals surface area contributed by atoms with Crippen molar-refractivity contribution in [3.8, 4) is 0 Å². The van der Waals surface area contributed by atoms with Gasteiger partial charge in [-0.2, -0.15) is 0 Å². The molecule has 0 aliphatic rings. The molecule has 3 nitrogen and oxygen atoms in total. The average molecular weight is 288 g/mol. The molecule has 0 atom stereocenters. The van der Waals surface area contributed by atoms with Crippen LogP contribution in [0.5, 0.6) is 0 Å². The smallest absolute Gasteiger partial charge is 0.0649 e. The lowest BCUT2D eigenvalue weighted by Crippen LogP contribution is -2.50. The largest absolute Gasteiger partial charge is 0.384 e. The van der Waals surface area contributed by atoms with Gasteiger partial charge in [-0.3, -0.25) is 0 Å². The normalized spacial score (nSPS) is 13.8. The molecule has 0 radical (unpaired) electrons. The Kier molecular flexibility index (Phi) is 8.30. The van der Waals surface area contributed by atoms with Crippen molar-refractivity contribution in [1.29, 1.82) is 0 Å². The van der Waals surface area contributed by atoms with Crippen molar-refractivity contribution < 1.29 is 14.2 Å². The molecule has 0 aromatic heterocycles. The highest BCUT2D eigenvalue weighted by Gasteiger charge is 2.45. The van der Waals surface area contributed by atoms with Crippen LogP contribution in [0.4, 0.5) is 0 Å². The van der Waals surface area contributed by atoms with Crippen molar-refractivity contribution in [2.75, 3.05) is 34.0 Å². The lowest BCUT2D eigenvalue weighted by atomic mass is 9.65. The van der Waals surface area contributed by atoms with Crippen molar-refractivity contribution in [3.05, 3.63) is 0 Å². The van der Waals surface area contributed by atoms with Gasteiger partial charge >= 0.3 is 0 Å². The lowest BCUT2D eigenvalue weighted by molar-refractivity contribution is -0.154. The van der Waals surface area contributed by atoms with Gasteiger partial charge < -0.3 is 14.2 Å². The monoisotopic (exact) mass is 288 g/mol. The highest BCUT2D eigenvalue weighted by molar-refractivity contribution is 4.93. The Hall–Kier alpha value is -0.120. The first kappa shape index (κ1) is 19.9. The van der Waals surface area contributed by atoms with Crippen molar-refractivity contribution in [2.45, 2.75) is 66.4 Å². The second-order valence-corrected chi connectivity index (χ2v) is 6.83. The summed E-state index contributed by atoms with van der Waals surface area (Å²) < 4.78 is 17.4. The third-order valence-corrected chi connectivity index (χ3v) is 5.35. The molecule has 0 bridgehead atoms. The van der Waals surface area contributed by atoms with Crippen LogP contribution in [0.3, 0.4) is 0 Å². The topological polar surface area (TPSA) is 27.7 Å². The standard InChI is InChI=1S/C17H36O3/c1-9-15(4,5)17(12-18-7,13-19-8)14-20-16(6,10-2)11-3/h9-14H2,1-8H3. The Morgan fingerprint density at radius 2 is 1.15 bits per heavy atom. The molecular formula is C17H36O3.